The van der Waals surface area contributed by atoms with Gasteiger partial charge in [0, 0.05) is 0 Å². The van der Waals surface area contributed by atoms with E-state index in [4.69, 9.17) is 0 Å². The molecule has 1 rings (SSSR count). The summed E-state index contributed by atoms with van der Waals surface area (Å²) in [5.74, 6) is -4.07. The van der Waals surface area contributed by atoms with Crippen LogP contribution < -0.4 is 0 Å². The van der Waals surface area contributed by atoms with Crippen molar-refractivity contribution < 1.29 is 26.3 Å². The molecule has 13 heavy (non-hydrogen) atoms. The lowest BCUT2D eigenvalue weighted by Gasteiger charge is -2.23. The van der Waals surface area contributed by atoms with E-state index in [0.29, 0.717) is 12.2 Å². The van der Waals surface area contributed by atoms with Crippen LogP contribution in [0.15, 0.2) is 23.8 Å². The van der Waals surface area contributed by atoms with Gasteiger partial charge in [-0.15, -0.1) is 0 Å². The Morgan fingerprint density at radius 1 is 1.23 bits per heavy atom. The highest BCUT2D eigenvalue weighted by Gasteiger charge is 2.50. The van der Waals surface area contributed by atoms with Gasteiger partial charge in [-0.2, -0.15) is 22.0 Å². The van der Waals surface area contributed by atoms with E-state index >= 15 is 0 Å². The third kappa shape index (κ3) is 1.87. The van der Waals surface area contributed by atoms with Crippen LogP contribution in [0.5, 0.6) is 0 Å². The van der Waals surface area contributed by atoms with Crippen LogP contribution in [0.2, 0.25) is 0 Å². The van der Waals surface area contributed by atoms with E-state index in [2.05, 4.69) is 0 Å². The predicted molar refractivity (Wildman–Crippen MR) is 33.1 cm³/mol. The van der Waals surface area contributed by atoms with Gasteiger partial charge < -0.3 is 0 Å². The van der Waals surface area contributed by atoms with Gasteiger partial charge in [-0.05, 0) is 6.08 Å². The van der Waals surface area contributed by atoms with E-state index in [-0.39, 0.29) is 6.08 Å². The minimum Gasteiger partial charge on any atom is -0.235 e. The lowest BCUT2D eigenvalue weighted by molar-refractivity contribution is -0.120. The molecule has 1 unspecified atom stereocenters. The Balaban J connectivity index is 3.02. The summed E-state index contributed by atoms with van der Waals surface area (Å²) >= 11 is 0. The molecular formula is C7H4F6. The van der Waals surface area contributed by atoms with Crippen LogP contribution in [0.4, 0.5) is 26.3 Å². The number of halogens is 6. The zero-order chi connectivity index (χ0) is 10.3. The van der Waals surface area contributed by atoms with Gasteiger partial charge in [-0.1, -0.05) is 12.2 Å². The molecular weight excluding hydrogens is 198 g/mol. The van der Waals surface area contributed by atoms with Crippen LogP contribution in [0.25, 0.3) is 0 Å². The van der Waals surface area contributed by atoms with Crippen LogP contribution in [0.1, 0.15) is 0 Å². The third-order valence-corrected chi connectivity index (χ3v) is 1.53. The summed E-state index contributed by atoms with van der Waals surface area (Å²) in [7, 11) is 0. The topological polar surface area (TPSA) is 0 Å². The SMILES string of the molecule is FC1C(C(F)(F)F)=CC=CC1(F)F. The molecule has 0 aromatic heterocycles. The molecule has 0 N–H and O–H groups in total. The maximum Gasteiger partial charge on any atom is 0.415 e. The average Bonchev–Trinajstić information content (AvgIpc) is 1.92. The first-order chi connectivity index (χ1) is 5.75. The molecule has 0 aromatic rings. The van der Waals surface area contributed by atoms with Crippen molar-refractivity contribution in [1.82, 2.24) is 0 Å². The summed E-state index contributed by atoms with van der Waals surface area (Å²) in [6.07, 6.45) is -7.45. The molecule has 1 aliphatic rings. The predicted octanol–water partition coefficient (Wildman–Crippen LogP) is 3.02. The Hall–Kier alpha value is -0.940. The first-order valence-corrected chi connectivity index (χ1v) is 3.23. The largest absolute Gasteiger partial charge is 0.415 e. The fraction of sp³-hybridized carbons (Fsp3) is 0.429. The van der Waals surface area contributed by atoms with Crippen LogP contribution in [-0.2, 0) is 0 Å². The highest BCUT2D eigenvalue weighted by Crippen LogP contribution is 2.39. The monoisotopic (exact) mass is 202 g/mol. The molecule has 0 spiro atoms. The quantitative estimate of drug-likeness (QED) is 0.529. The summed E-state index contributed by atoms with van der Waals surface area (Å²) in [5, 5.41) is 0. The van der Waals surface area contributed by atoms with Crippen molar-refractivity contribution in [1.29, 1.82) is 0 Å². The second-order valence-corrected chi connectivity index (χ2v) is 2.52. The van der Waals surface area contributed by atoms with Gasteiger partial charge in [0.2, 0.25) is 0 Å². The number of alkyl halides is 6. The molecule has 0 radical (unpaired) electrons. The van der Waals surface area contributed by atoms with Gasteiger partial charge in [0.05, 0.1) is 5.57 Å². The van der Waals surface area contributed by atoms with E-state index in [1.54, 1.807) is 0 Å². The van der Waals surface area contributed by atoms with Crippen molar-refractivity contribution in [3.63, 3.8) is 0 Å². The zero-order valence-corrected chi connectivity index (χ0v) is 6.08. The summed E-state index contributed by atoms with van der Waals surface area (Å²) in [4.78, 5) is 0. The standard InChI is InChI=1S/C7H4F6/c8-5-4(7(11,12)13)2-1-3-6(5,9)10/h1-3,5H. The minimum absolute atomic E-state index is 0.104. The van der Waals surface area contributed by atoms with Gasteiger partial charge in [0.1, 0.15) is 0 Å². The summed E-state index contributed by atoms with van der Waals surface area (Å²) < 4.78 is 72.9. The normalized spacial score (nSPS) is 27.2. The molecule has 0 fully saturated rings. The van der Waals surface area contributed by atoms with E-state index in [1.807, 2.05) is 0 Å². The summed E-state index contributed by atoms with van der Waals surface area (Å²) in [5.41, 5.74) is -1.85. The van der Waals surface area contributed by atoms with Gasteiger partial charge in [0.15, 0.2) is 6.17 Å². The Morgan fingerprint density at radius 3 is 2.15 bits per heavy atom. The van der Waals surface area contributed by atoms with E-state index in [1.165, 1.54) is 0 Å². The Kier molecular flexibility index (Phi) is 2.17. The molecule has 0 saturated carbocycles. The number of hydrogen-bond acceptors (Lipinski definition) is 0. The molecule has 1 aliphatic carbocycles. The van der Waals surface area contributed by atoms with E-state index in [0.717, 1.165) is 0 Å². The fourth-order valence-corrected chi connectivity index (χ4v) is 0.895. The van der Waals surface area contributed by atoms with Crippen molar-refractivity contribution in [2.24, 2.45) is 0 Å². The molecule has 74 valence electrons. The van der Waals surface area contributed by atoms with Crippen molar-refractivity contribution in [3.8, 4) is 0 Å². The van der Waals surface area contributed by atoms with Gasteiger partial charge in [-0.25, -0.2) is 4.39 Å². The van der Waals surface area contributed by atoms with E-state index in [9.17, 15) is 26.3 Å². The van der Waals surface area contributed by atoms with Gasteiger partial charge in [-0.3, -0.25) is 0 Å². The summed E-state index contributed by atoms with van der Waals surface area (Å²) in [6.45, 7) is 0. The van der Waals surface area contributed by atoms with Crippen molar-refractivity contribution in [2.45, 2.75) is 18.3 Å². The Bertz CT molecular complexity index is 259. The molecule has 0 aliphatic heterocycles. The van der Waals surface area contributed by atoms with Crippen molar-refractivity contribution in [3.05, 3.63) is 23.8 Å². The maximum atomic E-state index is 12.5. The molecule has 0 heterocycles. The maximum absolute atomic E-state index is 12.5. The van der Waals surface area contributed by atoms with Gasteiger partial charge >= 0.3 is 12.1 Å². The lowest BCUT2D eigenvalue weighted by atomic mass is 9.99. The molecule has 1 atom stereocenters. The summed E-state index contributed by atoms with van der Waals surface area (Å²) in [6, 6.07) is 0. The lowest BCUT2D eigenvalue weighted by Crippen LogP contribution is -2.36. The molecule has 0 saturated heterocycles. The van der Waals surface area contributed by atoms with Crippen molar-refractivity contribution in [2.75, 3.05) is 0 Å². The zero-order valence-electron chi connectivity index (χ0n) is 6.08. The molecule has 0 bridgehead atoms. The number of hydrogen-bond donors (Lipinski definition) is 0. The first kappa shape index (κ1) is 10.1. The molecule has 0 amide bonds. The van der Waals surface area contributed by atoms with Crippen LogP contribution in [0, 0.1) is 0 Å². The minimum atomic E-state index is -5.05. The first-order valence-electron chi connectivity index (χ1n) is 3.23. The van der Waals surface area contributed by atoms with Gasteiger partial charge in [0.25, 0.3) is 0 Å². The van der Waals surface area contributed by atoms with E-state index < -0.39 is 23.8 Å². The Morgan fingerprint density at radius 2 is 1.77 bits per heavy atom. The fourth-order valence-electron chi connectivity index (χ4n) is 0.895. The average molecular weight is 202 g/mol. The van der Waals surface area contributed by atoms with Crippen molar-refractivity contribution >= 4 is 0 Å². The highest BCUT2D eigenvalue weighted by atomic mass is 19.4. The smallest absolute Gasteiger partial charge is 0.235 e. The van der Waals surface area contributed by atoms with Crippen LogP contribution in [-0.4, -0.2) is 18.3 Å². The Labute approximate surface area is 69.5 Å². The van der Waals surface area contributed by atoms with Crippen LogP contribution in [0.3, 0.4) is 0 Å². The number of allylic oxidation sites excluding steroid dienone is 4. The van der Waals surface area contributed by atoms with Crippen LogP contribution >= 0.6 is 0 Å². The molecule has 0 nitrogen and oxygen atoms in total. The molecule has 6 heteroatoms. The number of rotatable bonds is 0. The highest BCUT2D eigenvalue weighted by molar-refractivity contribution is 5.31. The third-order valence-electron chi connectivity index (χ3n) is 1.53. The molecule has 0 aromatic carbocycles. The second-order valence-electron chi connectivity index (χ2n) is 2.52. The second kappa shape index (κ2) is 2.78.